The molecule has 0 radical (unpaired) electrons. The van der Waals surface area contributed by atoms with Crippen LogP contribution >= 0.6 is 12.6 Å². The van der Waals surface area contributed by atoms with Crippen molar-refractivity contribution in [3.05, 3.63) is 34.2 Å². The van der Waals surface area contributed by atoms with Gasteiger partial charge in [-0.1, -0.05) is 25.3 Å². The molecule has 1 atom stereocenters. The van der Waals surface area contributed by atoms with Crippen LogP contribution in [0.2, 0.25) is 0 Å². The van der Waals surface area contributed by atoms with Crippen LogP contribution in [0.4, 0.5) is 0 Å². The Balaban J connectivity index is 2.87. The summed E-state index contributed by atoms with van der Waals surface area (Å²) in [5.74, 6) is 0.129. The van der Waals surface area contributed by atoms with Crippen molar-refractivity contribution in [2.24, 2.45) is 0 Å². The minimum Gasteiger partial charge on any atom is -0.349 e. The van der Waals surface area contributed by atoms with Gasteiger partial charge in [0, 0.05) is 0 Å². The molecule has 0 aliphatic rings. The zero-order valence-electron chi connectivity index (χ0n) is 8.79. The van der Waals surface area contributed by atoms with Crippen LogP contribution in [0.5, 0.6) is 0 Å². The van der Waals surface area contributed by atoms with E-state index in [1.54, 1.807) is 0 Å². The van der Waals surface area contributed by atoms with Crippen molar-refractivity contribution in [3.8, 4) is 0 Å². The topological polar surface area (TPSA) is 29.1 Å². The van der Waals surface area contributed by atoms with Crippen LogP contribution < -0.4 is 15.8 Å². The molecule has 1 aromatic rings. The Hall–Kier alpha value is -1.22. The van der Waals surface area contributed by atoms with Crippen LogP contribution in [0.3, 0.4) is 0 Å². The van der Waals surface area contributed by atoms with E-state index >= 15 is 0 Å². The van der Waals surface area contributed by atoms with E-state index in [9.17, 15) is 4.79 Å². The number of nitrogens with one attached hydrogen (secondary N) is 1. The standard InChI is InChI=1S/C12H15NOS/c1-8-4-5-11(6-9(8)2)10(3)13-12(14)7-15/h4-6,10,15H,1-2,7H2,3H3,(H,13,14). The number of thiol groups is 1. The molecule has 3 heteroatoms. The number of hydrogen-bond acceptors (Lipinski definition) is 2. The highest BCUT2D eigenvalue weighted by molar-refractivity contribution is 7.81. The molecule has 0 spiro atoms. The van der Waals surface area contributed by atoms with Gasteiger partial charge >= 0.3 is 0 Å². The monoisotopic (exact) mass is 221 g/mol. The summed E-state index contributed by atoms with van der Waals surface area (Å²) in [6.07, 6.45) is 0. The van der Waals surface area contributed by atoms with Gasteiger partial charge in [0.15, 0.2) is 0 Å². The van der Waals surface area contributed by atoms with Gasteiger partial charge in [0.1, 0.15) is 0 Å². The summed E-state index contributed by atoms with van der Waals surface area (Å²) in [5.41, 5.74) is 1.03. The summed E-state index contributed by atoms with van der Waals surface area (Å²) in [7, 11) is 0. The summed E-state index contributed by atoms with van der Waals surface area (Å²) in [5, 5.41) is 4.63. The molecule has 0 aliphatic heterocycles. The van der Waals surface area contributed by atoms with Gasteiger partial charge in [0.05, 0.1) is 11.8 Å². The third kappa shape index (κ3) is 3.13. The molecule has 1 unspecified atom stereocenters. The molecule has 1 N–H and O–H groups in total. The first kappa shape index (κ1) is 11.9. The highest BCUT2D eigenvalue weighted by Crippen LogP contribution is 2.07. The second kappa shape index (κ2) is 5.03. The average Bonchev–Trinajstić information content (AvgIpc) is 2.21. The summed E-state index contributed by atoms with van der Waals surface area (Å²) in [6, 6.07) is 5.76. The second-order valence-electron chi connectivity index (χ2n) is 3.48. The van der Waals surface area contributed by atoms with Crippen LogP contribution in [-0.2, 0) is 4.79 Å². The molecule has 0 heterocycles. The zero-order valence-corrected chi connectivity index (χ0v) is 9.68. The van der Waals surface area contributed by atoms with Crippen LogP contribution in [-0.4, -0.2) is 11.7 Å². The Morgan fingerprint density at radius 2 is 2.13 bits per heavy atom. The lowest BCUT2D eigenvalue weighted by Crippen LogP contribution is -2.29. The predicted molar refractivity (Wildman–Crippen MR) is 67.1 cm³/mol. The van der Waals surface area contributed by atoms with E-state index in [1.165, 1.54) is 0 Å². The van der Waals surface area contributed by atoms with Gasteiger partial charge in [-0.2, -0.15) is 12.6 Å². The molecule has 15 heavy (non-hydrogen) atoms. The molecule has 0 bridgehead atoms. The van der Waals surface area contributed by atoms with Gasteiger partial charge in [0.2, 0.25) is 5.91 Å². The van der Waals surface area contributed by atoms with Gasteiger partial charge in [-0.05, 0) is 29.0 Å². The van der Waals surface area contributed by atoms with Gasteiger partial charge in [-0.15, -0.1) is 0 Å². The number of hydrogen-bond donors (Lipinski definition) is 2. The summed E-state index contributed by atoms with van der Waals surface area (Å²) in [6.45, 7) is 9.64. The number of benzene rings is 1. The van der Waals surface area contributed by atoms with Crippen LogP contribution in [0.25, 0.3) is 13.2 Å². The van der Waals surface area contributed by atoms with Gasteiger partial charge < -0.3 is 5.32 Å². The van der Waals surface area contributed by atoms with E-state index in [4.69, 9.17) is 0 Å². The van der Waals surface area contributed by atoms with Crippen molar-refractivity contribution in [1.29, 1.82) is 0 Å². The maximum Gasteiger partial charge on any atom is 0.230 e. The largest absolute Gasteiger partial charge is 0.349 e. The molecule has 0 fully saturated rings. The third-order valence-corrected chi connectivity index (χ3v) is 2.54. The Morgan fingerprint density at radius 3 is 2.67 bits per heavy atom. The van der Waals surface area contributed by atoms with Gasteiger partial charge in [-0.3, -0.25) is 4.79 Å². The maximum atomic E-state index is 11.1. The molecular weight excluding hydrogens is 206 g/mol. The Bertz CT molecular complexity index is 455. The molecule has 1 amide bonds. The number of carbonyl (C=O) groups is 1. The Morgan fingerprint density at radius 1 is 1.47 bits per heavy atom. The minimum absolute atomic E-state index is 0.0225. The van der Waals surface area contributed by atoms with Gasteiger partial charge in [-0.25, -0.2) is 0 Å². The molecule has 0 aromatic heterocycles. The van der Waals surface area contributed by atoms with Crippen LogP contribution in [0.15, 0.2) is 18.2 Å². The molecular formula is C12H15NOS. The summed E-state index contributed by atoms with van der Waals surface area (Å²) in [4.78, 5) is 11.1. The van der Waals surface area contributed by atoms with Crippen molar-refractivity contribution in [3.63, 3.8) is 0 Å². The molecule has 1 aromatic carbocycles. The lowest BCUT2D eigenvalue weighted by Gasteiger charge is -2.13. The zero-order chi connectivity index (χ0) is 11.4. The average molecular weight is 221 g/mol. The predicted octanol–water partition coefficient (Wildman–Crippen LogP) is 0.614. The van der Waals surface area contributed by atoms with E-state index in [1.807, 2.05) is 25.1 Å². The summed E-state index contributed by atoms with van der Waals surface area (Å²) >= 11 is 3.90. The van der Waals surface area contributed by atoms with E-state index < -0.39 is 0 Å². The minimum atomic E-state index is -0.0739. The first-order valence-corrected chi connectivity index (χ1v) is 5.36. The fourth-order valence-corrected chi connectivity index (χ4v) is 1.38. The number of amides is 1. The fourth-order valence-electron chi connectivity index (χ4n) is 1.29. The highest BCUT2D eigenvalue weighted by atomic mass is 32.1. The molecule has 0 saturated carbocycles. The fraction of sp³-hybridized carbons (Fsp3) is 0.250. The van der Waals surface area contributed by atoms with E-state index in [-0.39, 0.29) is 17.7 Å². The quantitative estimate of drug-likeness (QED) is 0.720. The van der Waals surface area contributed by atoms with E-state index in [2.05, 4.69) is 31.1 Å². The number of carbonyl (C=O) groups excluding carboxylic acids is 1. The molecule has 0 saturated heterocycles. The third-order valence-electron chi connectivity index (χ3n) is 2.25. The smallest absolute Gasteiger partial charge is 0.230 e. The highest BCUT2D eigenvalue weighted by Gasteiger charge is 2.07. The molecule has 2 nitrogen and oxygen atoms in total. The first-order valence-electron chi connectivity index (χ1n) is 4.72. The SMILES string of the molecule is C=c1ccc(C(C)NC(=O)CS)cc1=C. The Labute approximate surface area is 95.1 Å². The second-order valence-corrected chi connectivity index (χ2v) is 3.79. The van der Waals surface area contributed by atoms with E-state index in [0.717, 1.165) is 16.0 Å². The first-order chi connectivity index (χ1) is 7.04. The van der Waals surface area contributed by atoms with Crippen LogP contribution in [0, 0.1) is 0 Å². The van der Waals surface area contributed by atoms with Gasteiger partial charge in [0.25, 0.3) is 0 Å². The normalized spacial score (nSPS) is 12.1. The van der Waals surface area contributed by atoms with Crippen molar-refractivity contribution in [2.75, 3.05) is 5.75 Å². The van der Waals surface area contributed by atoms with Crippen molar-refractivity contribution >= 4 is 31.7 Å². The van der Waals surface area contributed by atoms with Crippen molar-refractivity contribution < 1.29 is 4.79 Å². The van der Waals surface area contributed by atoms with Crippen molar-refractivity contribution in [1.82, 2.24) is 5.32 Å². The Kier molecular flexibility index (Phi) is 3.97. The summed E-state index contributed by atoms with van der Waals surface area (Å²) < 4.78 is 0. The molecule has 80 valence electrons. The van der Waals surface area contributed by atoms with E-state index in [0.29, 0.717) is 0 Å². The number of rotatable bonds is 3. The molecule has 0 aliphatic carbocycles. The lowest BCUT2D eigenvalue weighted by atomic mass is 10.1. The molecule has 1 rings (SSSR count). The lowest BCUT2D eigenvalue weighted by molar-refractivity contribution is -0.119. The van der Waals surface area contributed by atoms with Crippen LogP contribution in [0.1, 0.15) is 18.5 Å². The maximum absolute atomic E-state index is 11.1. The van der Waals surface area contributed by atoms with Crippen molar-refractivity contribution in [2.45, 2.75) is 13.0 Å².